The van der Waals surface area contributed by atoms with Crippen LogP contribution >= 0.6 is 0 Å². The highest BCUT2D eigenvalue weighted by molar-refractivity contribution is 5.99. The van der Waals surface area contributed by atoms with Gasteiger partial charge >= 0.3 is 0 Å². The molecule has 1 saturated carbocycles. The van der Waals surface area contributed by atoms with Gasteiger partial charge in [0.25, 0.3) is 17.4 Å². The van der Waals surface area contributed by atoms with Crippen LogP contribution < -0.4 is 10.9 Å². The molecule has 0 atom stereocenters. The Morgan fingerprint density at radius 2 is 2.04 bits per heavy atom. The van der Waals surface area contributed by atoms with Crippen LogP contribution in [0.15, 0.2) is 35.3 Å². The molecule has 3 rings (SSSR count). The molecule has 0 aliphatic heterocycles. The number of H-pyrrole nitrogens is 1. The number of carbonyl (C=O) groups excluding carboxylic acids is 2. The predicted octanol–water partition coefficient (Wildman–Crippen LogP) is 1.99. The molecule has 1 fully saturated rings. The first-order valence-corrected chi connectivity index (χ1v) is 8.39. The lowest BCUT2D eigenvalue weighted by Crippen LogP contribution is -2.33. The minimum Gasteiger partial charge on any atom is -0.349 e. The SMILES string of the molecule is Cc1ccc(F)c(CN(C)C(=O)c2cc(C(=O)NC3CC3)c[nH]c2=O)c1. The number of hydrogen-bond donors (Lipinski definition) is 2. The van der Waals surface area contributed by atoms with Crippen molar-refractivity contribution in [2.45, 2.75) is 32.4 Å². The van der Waals surface area contributed by atoms with Crippen LogP contribution in [0.3, 0.4) is 0 Å². The first kappa shape index (κ1) is 17.8. The number of halogens is 1. The summed E-state index contributed by atoms with van der Waals surface area (Å²) in [4.78, 5) is 40.5. The fourth-order valence-corrected chi connectivity index (χ4v) is 2.63. The van der Waals surface area contributed by atoms with E-state index in [2.05, 4.69) is 10.3 Å². The Morgan fingerprint density at radius 3 is 2.73 bits per heavy atom. The molecule has 7 heteroatoms. The molecule has 26 heavy (non-hydrogen) atoms. The Morgan fingerprint density at radius 1 is 1.31 bits per heavy atom. The summed E-state index contributed by atoms with van der Waals surface area (Å²) in [6.07, 6.45) is 3.16. The lowest BCUT2D eigenvalue weighted by molar-refractivity contribution is 0.0782. The summed E-state index contributed by atoms with van der Waals surface area (Å²) in [5.74, 6) is -1.32. The molecule has 1 heterocycles. The second-order valence-corrected chi connectivity index (χ2v) is 6.63. The molecule has 6 nitrogen and oxygen atoms in total. The highest BCUT2D eigenvalue weighted by Gasteiger charge is 2.25. The third kappa shape index (κ3) is 3.99. The topological polar surface area (TPSA) is 82.3 Å². The van der Waals surface area contributed by atoms with Gasteiger partial charge in [-0.2, -0.15) is 0 Å². The minimum atomic E-state index is -0.588. The molecular formula is C19H20FN3O3. The number of rotatable bonds is 5. The Hall–Kier alpha value is -2.96. The molecule has 1 aliphatic rings. The quantitative estimate of drug-likeness (QED) is 0.858. The number of carbonyl (C=O) groups is 2. The maximum atomic E-state index is 13.9. The van der Waals surface area contributed by atoms with Gasteiger partial charge in [-0.1, -0.05) is 17.7 Å². The van der Waals surface area contributed by atoms with Gasteiger partial charge in [0.1, 0.15) is 11.4 Å². The van der Waals surface area contributed by atoms with Crippen molar-refractivity contribution >= 4 is 11.8 Å². The van der Waals surface area contributed by atoms with Crippen molar-refractivity contribution in [2.24, 2.45) is 0 Å². The molecule has 0 radical (unpaired) electrons. The molecule has 2 N–H and O–H groups in total. The van der Waals surface area contributed by atoms with Gasteiger partial charge in [0, 0.05) is 31.4 Å². The predicted molar refractivity (Wildman–Crippen MR) is 94.5 cm³/mol. The number of amides is 2. The highest BCUT2D eigenvalue weighted by atomic mass is 19.1. The summed E-state index contributed by atoms with van der Waals surface area (Å²) in [5.41, 5.74) is 0.715. The number of nitrogens with one attached hydrogen (secondary N) is 2. The minimum absolute atomic E-state index is 0.0181. The Balaban J connectivity index is 1.80. The molecule has 0 unspecified atom stereocenters. The number of nitrogens with zero attached hydrogens (tertiary/aromatic N) is 1. The number of hydrogen-bond acceptors (Lipinski definition) is 3. The molecule has 136 valence electrons. The Kier molecular flexibility index (Phi) is 4.88. The maximum Gasteiger partial charge on any atom is 0.260 e. The molecule has 1 aliphatic carbocycles. The molecule has 2 aromatic rings. The van der Waals surface area contributed by atoms with Crippen LogP contribution in [0.1, 0.15) is 44.7 Å². The van der Waals surface area contributed by atoms with Crippen LogP contribution in [0.4, 0.5) is 4.39 Å². The molecule has 1 aromatic heterocycles. The Bertz CT molecular complexity index is 918. The fourth-order valence-electron chi connectivity index (χ4n) is 2.63. The molecule has 1 aromatic carbocycles. The smallest absolute Gasteiger partial charge is 0.260 e. The molecule has 0 saturated heterocycles. The summed E-state index contributed by atoms with van der Waals surface area (Å²) in [7, 11) is 1.49. The van der Waals surface area contributed by atoms with Crippen molar-refractivity contribution in [3.63, 3.8) is 0 Å². The molecule has 2 amide bonds. The van der Waals surface area contributed by atoms with E-state index in [0.29, 0.717) is 5.56 Å². The lowest BCUT2D eigenvalue weighted by Gasteiger charge is -2.18. The van der Waals surface area contributed by atoms with E-state index in [1.54, 1.807) is 12.1 Å². The van der Waals surface area contributed by atoms with Crippen LogP contribution in [-0.4, -0.2) is 34.8 Å². The van der Waals surface area contributed by atoms with E-state index < -0.39 is 17.3 Å². The van der Waals surface area contributed by atoms with Crippen molar-refractivity contribution in [1.82, 2.24) is 15.2 Å². The largest absolute Gasteiger partial charge is 0.349 e. The van der Waals surface area contributed by atoms with E-state index in [0.717, 1.165) is 18.4 Å². The van der Waals surface area contributed by atoms with Crippen molar-refractivity contribution in [3.05, 3.63) is 68.9 Å². The van der Waals surface area contributed by atoms with Crippen LogP contribution in [0.25, 0.3) is 0 Å². The average Bonchev–Trinajstić information content (AvgIpc) is 3.41. The summed E-state index contributed by atoms with van der Waals surface area (Å²) in [6, 6.07) is 6.09. The first-order chi connectivity index (χ1) is 12.3. The van der Waals surface area contributed by atoms with Crippen molar-refractivity contribution in [2.75, 3.05) is 7.05 Å². The number of benzene rings is 1. The zero-order chi connectivity index (χ0) is 18.8. The van der Waals surface area contributed by atoms with E-state index in [1.165, 1.54) is 30.3 Å². The number of aryl methyl sites for hydroxylation is 1. The second-order valence-electron chi connectivity index (χ2n) is 6.63. The van der Waals surface area contributed by atoms with Gasteiger partial charge in [-0.25, -0.2) is 4.39 Å². The number of aromatic amines is 1. The summed E-state index contributed by atoms with van der Waals surface area (Å²) in [6.45, 7) is 1.85. The van der Waals surface area contributed by atoms with E-state index >= 15 is 0 Å². The van der Waals surface area contributed by atoms with Gasteiger partial charge in [-0.05, 0) is 31.9 Å². The van der Waals surface area contributed by atoms with Gasteiger partial charge in [-0.3, -0.25) is 14.4 Å². The third-order valence-corrected chi connectivity index (χ3v) is 4.26. The van der Waals surface area contributed by atoms with Gasteiger partial charge in [0.15, 0.2) is 0 Å². The normalized spacial score (nSPS) is 13.3. The van der Waals surface area contributed by atoms with Gasteiger partial charge in [0.05, 0.1) is 5.56 Å². The van der Waals surface area contributed by atoms with Crippen LogP contribution in [0.2, 0.25) is 0 Å². The zero-order valence-corrected chi connectivity index (χ0v) is 14.6. The van der Waals surface area contributed by atoms with Crippen LogP contribution in [0.5, 0.6) is 0 Å². The zero-order valence-electron chi connectivity index (χ0n) is 14.6. The molecule has 0 spiro atoms. The monoisotopic (exact) mass is 357 g/mol. The van der Waals surface area contributed by atoms with Crippen LogP contribution in [-0.2, 0) is 6.54 Å². The summed E-state index contributed by atoms with van der Waals surface area (Å²) < 4.78 is 13.9. The summed E-state index contributed by atoms with van der Waals surface area (Å²) in [5, 5.41) is 2.80. The molecular weight excluding hydrogens is 337 g/mol. The van der Waals surface area contributed by atoms with Gasteiger partial charge < -0.3 is 15.2 Å². The number of pyridine rings is 1. The van der Waals surface area contributed by atoms with E-state index in [4.69, 9.17) is 0 Å². The first-order valence-electron chi connectivity index (χ1n) is 8.39. The van der Waals surface area contributed by atoms with Crippen molar-refractivity contribution < 1.29 is 14.0 Å². The third-order valence-electron chi connectivity index (χ3n) is 4.26. The average molecular weight is 357 g/mol. The van der Waals surface area contributed by atoms with Gasteiger partial charge in [-0.15, -0.1) is 0 Å². The molecule has 0 bridgehead atoms. The fraction of sp³-hybridized carbons (Fsp3) is 0.316. The van der Waals surface area contributed by atoms with E-state index in [-0.39, 0.29) is 29.6 Å². The maximum absolute atomic E-state index is 13.9. The number of aromatic nitrogens is 1. The standard InChI is InChI=1S/C19H20FN3O3/c1-11-3-6-16(20)13(7-11)10-23(2)19(26)15-8-12(9-21-18(15)25)17(24)22-14-4-5-14/h3,6-9,14H,4-5,10H2,1-2H3,(H,21,25)(H,22,24). The van der Waals surface area contributed by atoms with E-state index in [1.807, 2.05) is 6.92 Å². The Labute approximate surface area is 150 Å². The van der Waals surface area contributed by atoms with Crippen molar-refractivity contribution in [1.29, 1.82) is 0 Å². The van der Waals surface area contributed by atoms with E-state index in [9.17, 15) is 18.8 Å². The highest BCUT2D eigenvalue weighted by Crippen LogP contribution is 2.19. The van der Waals surface area contributed by atoms with Gasteiger partial charge in [0.2, 0.25) is 0 Å². The van der Waals surface area contributed by atoms with Crippen LogP contribution in [0, 0.1) is 12.7 Å². The summed E-state index contributed by atoms with van der Waals surface area (Å²) >= 11 is 0. The lowest BCUT2D eigenvalue weighted by atomic mass is 10.1. The second kappa shape index (κ2) is 7.11. The van der Waals surface area contributed by atoms with Crippen molar-refractivity contribution in [3.8, 4) is 0 Å².